The van der Waals surface area contributed by atoms with Crippen molar-refractivity contribution >= 4 is 34.6 Å². The Balaban J connectivity index is 1.84. The van der Waals surface area contributed by atoms with Crippen LogP contribution in [-0.4, -0.2) is 37.0 Å². The first-order chi connectivity index (χ1) is 12.0. The van der Waals surface area contributed by atoms with Crippen LogP contribution in [0.3, 0.4) is 0 Å². The van der Waals surface area contributed by atoms with Crippen molar-refractivity contribution in [1.29, 1.82) is 0 Å². The second-order valence-electron chi connectivity index (χ2n) is 5.66. The predicted molar refractivity (Wildman–Crippen MR) is 97.6 cm³/mol. The van der Waals surface area contributed by atoms with Gasteiger partial charge in [-0.1, -0.05) is 17.7 Å². The Hall–Kier alpha value is -2.64. The van der Waals surface area contributed by atoms with Crippen LogP contribution in [0.1, 0.15) is 10.4 Å². The third-order valence-electron chi connectivity index (χ3n) is 3.97. The minimum atomic E-state index is -0.424. The molecule has 2 aromatic rings. The topological polar surface area (TPSA) is 87.5 Å². The van der Waals surface area contributed by atoms with Crippen LogP contribution in [0, 0.1) is 10.1 Å². The quantitative estimate of drug-likeness (QED) is 0.646. The summed E-state index contributed by atoms with van der Waals surface area (Å²) in [4.78, 5) is 25.3. The Morgan fingerprint density at radius 3 is 2.64 bits per heavy atom. The maximum Gasteiger partial charge on any atom is 0.294 e. The zero-order valence-electron chi connectivity index (χ0n) is 13.4. The van der Waals surface area contributed by atoms with Crippen LogP contribution in [-0.2, 0) is 0 Å². The first-order valence-corrected chi connectivity index (χ1v) is 8.23. The third kappa shape index (κ3) is 4.07. The predicted octanol–water partition coefficient (Wildman–Crippen LogP) is 2.91. The van der Waals surface area contributed by atoms with Crippen molar-refractivity contribution in [2.75, 3.05) is 36.4 Å². The molecule has 1 amide bonds. The number of hydrogen-bond acceptors (Lipinski definition) is 5. The van der Waals surface area contributed by atoms with Crippen molar-refractivity contribution in [3.8, 4) is 0 Å². The van der Waals surface area contributed by atoms with Gasteiger partial charge in [0.15, 0.2) is 0 Å². The molecule has 7 nitrogen and oxygen atoms in total. The molecule has 0 saturated carbocycles. The first kappa shape index (κ1) is 17.2. The number of hydrogen-bond donors (Lipinski definition) is 2. The van der Waals surface area contributed by atoms with E-state index in [-0.39, 0.29) is 11.6 Å². The fourth-order valence-electron chi connectivity index (χ4n) is 2.75. The van der Waals surface area contributed by atoms with Crippen molar-refractivity contribution in [1.82, 2.24) is 5.32 Å². The number of halogens is 1. The lowest BCUT2D eigenvalue weighted by Gasteiger charge is -2.29. The number of nitro benzene ring substituents is 1. The normalized spacial score (nSPS) is 14.2. The number of amides is 1. The molecule has 0 radical (unpaired) electrons. The summed E-state index contributed by atoms with van der Waals surface area (Å²) < 4.78 is 0. The molecule has 0 spiro atoms. The highest BCUT2D eigenvalue weighted by atomic mass is 35.5. The van der Waals surface area contributed by atoms with Gasteiger partial charge in [0.1, 0.15) is 5.69 Å². The Morgan fingerprint density at radius 2 is 1.96 bits per heavy atom. The van der Waals surface area contributed by atoms with Crippen LogP contribution in [0.4, 0.5) is 17.1 Å². The van der Waals surface area contributed by atoms with E-state index in [1.54, 1.807) is 36.4 Å². The van der Waals surface area contributed by atoms with E-state index in [4.69, 9.17) is 11.6 Å². The fraction of sp³-hybridized carbons (Fsp3) is 0.235. The molecule has 25 heavy (non-hydrogen) atoms. The molecule has 0 atom stereocenters. The van der Waals surface area contributed by atoms with Crippen molar-refractivity contribution in [2.24, 2.45) is 0 Å². The second-order valence-corrected chi connectivity index (χ2v) is 6.10. The van der Waals surface area contributed by atoms with Crippen LogP contribution in [0.25, 0.3) is 0 Å². The Kier molecular flexibility index (Phi) is 5.16. The number of nitrogens with one attached hydrogen (secondary N) is 2. The van der Waals surface area contributed by atoms with E-state index in [0.29, 0.717) is 35.1 Å². The molecule has 1 aliphatic heterocycles. The van der Waals surface area contributed by atoms with Gasteiger partial charge in [-0.15, -0.1) is 0 Å². The molecule has 2 aromatic carbocycles. The van der Waals surface area contributed by atoms with Crippen molar-refractivity contribution in [3.05, 3.63) is 63.2 Å². The number of nitro groups is 1. The van der Waals surface area contributed by atoms with Crippen molar-refractivity contribution < 1.29 is 9.72 Å². The lowest BCUT2D eigenvalue weighted by Crippen LogP contribution is -2.43. The first-order valence-electron chi connectivity index (χ1n) is 7.85. The third-order valence-corrected chi connectivity index (χ3v) is 4.21. The molecule has 1 aliphatic rings. The zero-order valence-corrected chi connectivity index (χ0v) is 14.1. The van der Waals surface area contributed by atoms with E-state index in [1.807, 2.05) is 4.90 Å². The molecule has 0 aromatic heterocycles. The summed E-state index contributed by atoms with van der Waals surface area (Å²) in [6.07, 6.45) is 0. The molecule has 0 bridgehead atoms. The largest absolute Gasteiger partial charge is 0.363 e. The van der Waals surface area contributed by atoms with Gasteiger partial charge >= 0.3 is 0 Å². The van der Waals surface area contributed by atoms with Gasteiger partial charge in [-0.2, -0.15) is 0 Å². The summed E-state index contributed by atoms with van der Waals surface area (Å²) in [7, 11) is 0. The maximum atomic E-state index is 12.3. The molecule has 3 rings (SSSR count). The molecule has 130 valence electrons. The number of piperazine rings is 1. The average Bonchev–Trinajstić information content (AvgIpc) is 2.62. The van der Waals surface area contributed by atoms with E-state index in [0.717, 1.165) is 13.1 Å². The minimum absolute atomic E-state index is 0.0224. The number of nitrogens with zero attached hydrogens (tertiary/aromatic N) is 2. The molecule has 1 saturated heterocycles. The SMILES string of the molecule is O=C(Nc1ccc(N2CCNCC2)c([N+](=O)[O-])c1)c1cccc(Cl)c1. The number of carbonyl (C=O) groups is 1. The van der Waals surface area contributed by atoms with Gasteiger partial charge in [0, 0.05) is 48.5 Å². The smallest absolute Gasteiger partial charge is 0.294 e. The zero-order chi connectivity index (χ0) is 17.8. The highest BCUT2D eigenvalue weighted by Crippen LogP contribution is 2.31. The molecular formula is C17H17ClN4O3. The lowest BCUT2D eigenvalue weighted by atomic mass is 10.1. The van der Waals surface area contributed by atoms with Crippen molar-refractivity contribution in [3.63, 3.8) is 0 Å². The molecule has 8 heteroatoms. The van der Waals surface area contributed by atoms with Crippen LogP contribution in [0.5, 0.6) is 0 Å². The van der Waals surface area contributed by atoms with Crippen molar-refractivity contribution in [2.45, 2.75) is 0 Å². The monoisotopic (exact) mass is 360 g/mol. The Bertz CT molecular complexity index is 806. The van der Waals surface area contributed by atoms with E-state index >= 15 is 0 Å². The van der Waals surface area contributed by atoms with Crippen LogP contribution < -0.4 is 15.5 Å². The summed E-state index contributed by atoms with van der Waals surface area (Å²) in [5.74, 6) is -0.369. The summed E-state index contributed by atoms with van der Waals surface area (Å²) >= 11 is 5.89. The highest BCUT2D eigenvalue weighted by molar-refractivity contribution is 6.31. The Morgan fingerprint density at radius 1 is 1.20 bits per heavy atom. The molecule has 0 aliphatic carbocycles. The number of anilines is 2. The van der Waals surface area contributed by atoms with Gasteiger partial charge in [0.2, 0.25) is 0 Å². The highest BCUT2D eigenvalue weighted by Gasteiger charge is 2.22. The van der Waals surface area contributed by atoms with Gasteiger partial charge in [0.25, 0.3) is 11.6 Å². The van der Waals surface area contributed by atoms with Crippen LogP contribution in [0.15, 0.2) is 42.5 Å². The number of rotatable bonds is 4. The van der Waals surface area contributed by atoms with Crippen LogP contribution in [0.2, 0.25) is 5.02 Å². The molecule has 2 N–H and O–H groups in total. The van der Waals surface area contributed by atoms with Gasteiger partial charge in [0.05, 0.1) is 4.92 Å². The Labute approximate surface area is 149 Å². The lowest BCUT2D eigenvalue weighted by molar-refractivity contribution is -0.384. The summed E-state index contributed by atoms with van der Waals surface area (Å²) in [5, 5.41) is 17.8. The van der Waals surface area contributed by atoms with E-state index in [9.17, 15) is 14.9 Å². The molecular weight excluding hydrogens is 344 g/mol. The average molecular weight is 361 g/mol. The van der Waals surface area contributed by atoms with E-state index in [2.05, 4.69) is 10.6 Å². The van der Waals surface area contributed by atoms with Gasteiger partial charge in [-0.05, 0) is 30.3 Å². The number of benzene rings is 2. The van der Waals surface area contributed by atoms with Gasteiger partial charge in [-0.3, -0.25) is 14.9 Å². The summed E-state index contributed by atoms with van der Waals surface area (Å²) in [6.45, 7) is 2.97. The maximum absolute atomic E-state index is 12.3. The fourth-order valence-corrected chi connectivity index (χ4v) is 2.94. The second kappa shape index (κ2) is 7.50. The molecule has 1 heterocycles. The van der Waals surface area contributed by atoms with E-state index < -0.39 is 4.92 Å². The van der Waals surface area contributed by atoms with Gasteiger partial charge in [-0.25, -0.2) is 0 Å². The molecule has 0 unspecified atom stereocenters. The molecule has 1 fully saturated rings. The summed E-state index contributed by atoms with van der Waals surface area (Å²) in [5.41, 5.74) is 1.30. The van der Waals surface area contributed by atoms with E-state index in [1.165, 1.54) is 6.07 Å². The minimum Gasteiger partial charge on any atom is -0.363 e. The van der Waals surface area contributed by atoms with Gasteiger partial charge < -0.3 is 15.5 Å². The standard InChI is InChI=1S/C17H17ClN4O3/c18-13-3-1-2-12(10-13)17(23)20-14-4-5-15(16(11-14)22(24)25)21-8-6-19-7-9-21/h1-5,10-11,19H,6-9H2,(H,20,23). The summed E-state index contributed by atoms with van der Waals surface area (Å²) in [6, 6.07) is 11.3. The number of carbonyl (C=O) groups excluding carboxylic acids is 1. The van der Waals surface area contributed by atoms with Crippen LogP contribution >= 0.6 is 11.6 Å².